The van der Waals surface area contributed by atoms with E-state index in [2.05, 4.69) is 103 Å². The maximum absolute atomic E-state index is 12.7. The largest absolute Gasteiger partial charge is 2.00 e. The van der Waals surface area contributed by atoms with Gasteiger partial charge in [0.25, 0.3) is 19.4 Å². The number of carbonyl (C=O) groups is 3. The number of unbranched alkanes of at least 4 members (excludes halogenated alkanes) is 1. The zero-order valence-corrected chi connectivity index (χ0v) is 39.7. The number of pyridine rings is 4. The number of hydrogen-bond acceptors (Lipinski definition) is 13. The fourth-order valence-electron chi connectivity index (χ4n) is 5.87. The molecule has 14 nitrogen and oxygen atoms in total. The topological polar surface area (TPSA) is 204 Å². The second-order valence-corrected chi connectivity index (χ2v) is 15.2. The van der Waals surface area contributed by atoms with E-state index in [4.69, 9.17) is 30.8 Å². The zero-order valence-electron chi connectivity index (χ0n) is 37.1. The average molecular weight is 1020 g/mol. The van der Waals surface area contributed by atoms with Gasteiger partial charge in [-0.25, -0.2) is 4.98 Å². The van der Waals surface area contributed by atoms with E-state index < -0.39 is 17.6 Å². The SMILES string of the molecule is CCCCC(CC)CN(C#Cc1ccnc(/C([NH-])=C/C(=N)C(F)(F)F)c1)c1ccc(C(C)(C)C)cc1.O=COc1ccnc(-c2cc(OC=O)cc(-c3cc(OC=O)ccn3)n2)c1.[N-]=C=S.[Ru+2]. The molecule has 5 aromatic rings. The van der Waals surface area contributed by atoms with E-state index in [1.165, 1.54) is 71.8 Å². The van der Waals surface area contributed by atoms with Gasteiger partial charge in [-0.2, -0.15) is 18.3 Å². The molecule has 67 heavy (non-hydrogen) atoms. The molecule has 350 valence electrons. The van der Waals surface area contributed by atoms with Gasteiger partial charge in [0, 0.05) is 72.4 Å². The van der Waals surface area contributed by atoms with E-state index >= 15 is 0 Å². The van der Waals surface area contributed by atoms with Crippen LogP contribution in [-0.2, 0) is 39.3 Å². The fraction of sp³-hybridized carbons (Fsp3) is 0.271. The number of anilines is 1. The van der Waals surface area contributed by atoms with Crippen molar-refractivity contribution in [3.63, 3.8) is 0 Å². The minimum absolute atomic E-state index is 0. The Morgan fingerprint density at radius 2 is 1.33 bits per heavy atom. The first-order valence-corrected chi connectivity index (χ1v) is 20.6. The molecule has 0 saturated carbocycles. The number of carbonyl (C=O) groups excluding carboxylic acids is 3. The smallest absolute Gasteiger partial charge is 0.753 e. The molecule has 1 aromatic carbocycles. The Labute approximate surface area is 405 Å². The van der Waals surface area contributed by atoms with Crippen LogP contribution >= 0.6 is 12.2 Å². The summed E-state index contributed by atoms with van der Waals surface area (Å²) in [5.74, 6) is 4.34. The number of benzene rings is 1. The van der Waals surface area contributed by atoms with Gasteiger partial charge in [-0.15, -0.1) is 5.70 Å². The molecular weight excluding hydrogens is 975 g/mol. The predicted octanol–water partition coefficient (Wildman–Crippen LogP) is 10.9. The number of alkyl halides is 3. The first-order valence-electron chi connectivity index (χ1n) is 20.2. The number of isothiocyanates is 1. The third-order valence-corrected chi connectivity index (χ3v) is 9.33. The molecule has 2 N–H and O–H groups in total. The van der Waals surface area contributed by atoms with Crippen LogP contribution in [0, 0.1) is 23.3 Å². The van der Waals surface area contributed by atoms with Crippen LogP contribution in [0.4, 0.5) is 18.9 Å². The van der Waals surface area contributed by atoms with Gasteiger partial charge in [-0.05, 0) is 71.7 Å². The van der Waals surface area contributed by atoms with Gasteiger partial charge in [0.1, 0.15) is 23.0 Å². The van der Waals surface area contributed by atoms with Crippen LogP contribution in [0.1, 0.15) is 77.1 Å². The fourth-order valence-corrected chi connectivity index (χ4v) is 5.87. The van der Waals surface area contributed by atoms with Crippen LogP contribution < -0.4 is 19.1 Å². The molecule has 4 aromatic heterocycles. The van der Waals surface area contributed by atoms with Gasteiger partial charge in [0.15, 0.2) is 0 Å². The molecule has 0 spiro atoms. The number of nitrogens with zero attached hydrogens (tertiary/aromatic N) is 6. The van der Waals surface area contributed by atoms with E-state index in [9.17, 15) is 27.6 Å². The van der Waals surface area contributed by atoms with Crippen molar-refractivity contribution in [1.82, 2.24) is 19.9 Å². The molecule has 1 atom stereocenters. The quantitative estimate of drug-likeness (QED) is 0.0231. The molecule has 1 unspecified atom stereocenters. The number of hydrogen-bond donors (Lipinski definition) is 1. The zero-order chi connectivity index (χ0) is 48.7. The van der Waals surface area contributed by atoms with E-state index in [0.717, 1.165) is 37.9 Å². The number of aromatic nitrogens is 4. The van der Waals surface area contributed by atoms with E-state index in [1.54, 1.807) is 6.07 Å². The Kier molecular flexibility index (Phi) is 23.6. The van der Waals surface area contributed by atoms with E-state index in [1.807, 2.05) is 4.90 Å². The van der Waals surface area contributed by atoms with Gasteiger partial charge in [0.2, 0.25) is 0 Å². The first kappa shape index (κ1) is 56.1. The van der Waals surface area contributed by atoms with Crippen molar-refractivity contribution in [2.75, 3.05) is 11.4 Å². The first-order chi connectivity index (χ1) is 31.5. The van der Waals surface area contributed by atoms with Crippen molar-refractivity contribution in [2.24, 2.45) is 5.92 Å². The number of ether oxygens (including phenoxy) is 3. The Morgan fingerprint density at radius 1 is 0.821 bits per heavy atom. The minimum atomic E-state index is -4.81. The summed E-state index contributed by atoms with van der Waals surface area (Å²) in [6.45, 7) is 12.5. The number of rotatable bonds is 17. The van der Waals surface area contributed by atoms with Gasteiger partial charge in [-0.1, -0.05) is 78.2 Å². The molecule has 0 amide bonds. The van der Waals surface area contributed by atoms with Gasteiger partial charge in [0.05, 0.1) is 22.8 Å². The number of halogens is 3. The minimum Gasteiger partial charge on any atom is -0.753 e. The van der Waals surface area contributed by atoms with Crippen molar-refractivity contribution < 1.29 is 61.2 Å². The van der Waals surface area contributed by atoms with Crippen LogP contribution in [0.15, 0.2) is 97.5 Å². The summed E-state index contributed by atoms with van der Waals surface area (Å²) in [6.07, 6.45) is 4.40. The van der Waals surface area contributed by atoms with Gasteiger partial charge >= 0.3 is 25.7 Å². The van der Waals surface area contributed by atoms with Crippen molar-refractivity contribution >= 4 is 53.9 Å². The van der Waals surface area contributed by atoms with Crippen molar-refractivity contribution in [2.45, 2.75) is 71.9 Å². The Balaban J connectivity index is 0.000000442. The molecule has 5 rings (SSSR count). The second-order valence-electron chi connectivity index (χ2n) is 15.0. The maximum atomic E-state index is 12.7. The monoisotopic (exact) mass is 1020 g/mol. The Hall–Kier alpha value is -6.99. The molecule has 0 saturated heterocycles. The normalized spacial score (nSPS) is 11.1. The molecule has 0 aliphatic rings. The second kappa shape index (κ2) is 28.1. The van der Waals surface area contributed by atoms with Gasteiger partial charge < -0.3 is 30.3 Å². The summed E-state index contributed by atoms with van der Waals surface area (Å²) in [6, 6.07) is 23.8. The van der Waals surface area contributed by atoms with E-state index in [0.29, 0.717) is 53.3 Å². The van der Waals surface area contributed by atoms with Crippen molar-refractivity contribution in [3.05, 3.63) is 125 Å². The molecule has 4 heterocycles. The number of nitrogens with one attached hydrogen (secondary N) is 2. The van der Waals surface area contributed by atoms with Gasteiger partial charge in [-0.3, -0.25) is 34.7 Å². The molecule has 0 bridgehead atoms. The molecule has 0 fully saturated rings. The average Bonchev–Trinajstić information content (AvgIpc) is 3.29. The van der Waals surface area contributed by atoms with Crippen LogP contribution in [0.5, 0.6) is 17.2 Å². The molecule has 0 radical (unpaired) electrons. The van der Waals surface area contributed by atoms with Crippen LogP contribution in [0.25, 0.3) is 39.6 Å². The molecule has 0 aliphatic heterocycles. The number of allylic oxidation sites excluding steroid dienone is 1. The molecule has 0 aliphatic carbocycles. The van der Waals surface area contributed by atoms with Crippen LogP contribution in [-0.4, -0.2) is 62.9 Å². The number of thiocarbonyl (C=S) groups is 1. The van der Waals surface area contributed by atoms with Crippen LogP contribution in [0.2, 0.25) is 0 Å². The summed E-state index contributed by atoms with van der Waals surface area (Å²) in [5, 5.41) is 15.6. The summed E-state index contributed by atoms with van der Waals surface area (Å²) in [4.78, 5) is 50.6. The summed E-state index contributed by atoms with van der Waals surface area (Å²) < 4.78 is 52.6. The maximum Gasteiger partial charge on any atom is 2.00 e. The third kappa shape index (κ3) is 18.8. The van der Waals surface area contributed by atoms with Crippen LogP contribution in [0.3, 0.4) is 0 Å². The summed E-state index contributed by atoms with van der Waals surface area (Å²) in [5.41, 5.74) is 10.1. The summed E-state index contributed by atoms with van der Waals surface area (Å²) >= 11 is 3.70. The molecule has 19 heteroatoms. The standard InChI is InChI=1S/C29H36F3N4.C18H11N3O6.CNS.Ru/c1-6-8-9-21(7-2)20-36(24-12-10-23(11-13-24)28(3,4)5)17-15-22-14-16-35-26(18-22)25(33)19-27(34)29(30,31)32;22-9-25-12-1-3-19-15(5-12)17-7-14(27-11-24)8-18(21-17)16-6-13(26-10-23)2-4-20-16;2-1-3;/h10-14,16,18-19,21,33-34H,6-9,20H2,1-5H3;1-11H;;/q-1;;-1;+2/b25-19-,34-27?;;;. The van der Waals surface area contributed by atoms with Crippen molar-refractivity contribution in [3.8, 4) is 52.0 Å². The van der Waals surface area contributed by atoms with Crippen molar-refractivity contribution in [1.29, 1.82) is 5.41 Å². The predicted molar refractivity (Wildman–Crippen MR) is 250 cm³/mol. The Bertz CT molecular complexity index is 2480. The molecular formula is C48H47F3N8O6RuS. The third-order valence-electron chi connectivity index (χ3n) is 9.33. The van der Waals surface area contributed by atoms with E-state index in [-0.39, 0.29) is 54.3 Å². The summed E-state index contributed by atoms with van der Waals surface area (Å²) in [7, 11) is 0. The Morgan fingerprint density at radius 3 is 1.81 bits per heavy atom.